The van der Waals surface area contributed by atoms with E-state index in [0.717, 1.165) is 5.82 Å². The second-order valence-corrected chi connectivity index (χ2v) is 4.93. The number of rotatable bonds is 1. The summed E-state index contributed by atoms with van der Waals surface area (Å²) in [5.74, 6) is 0.947. The van der Waals surface area contributed by atoms with E-state index in [1.807, 2.05) is 22.8 Å². The zero-order chi connectivity index (χ0) is 11.6. The van der Waals surface area contributed by atoms with E-state index in [0.29, 0.717) is 0 Å². The monoisotopic (exact) mass is 213 g/mol. The van der Waals surface area contributed by atoms with Crippen LogP contribution in [-0.2, 0) is 5.41 Å². The molecule has 0 aromatic carbocycles. The van der Waals surface area contributed by atoms with Crippen molar-refractivity contribution in [1.82, 2.24) is 4.98 Å². The maximum Gasteiger partial charge on any atom is 0.327 e. The smallest absolute Gasteiger partial charge is 0.203 e. The molecule has 0 N–H and O–H groups in total. The first-order valence-electron chi connectivity index (χ1n) is 5.50. The van der Waals surface area contributed by atoms with Gasteiger partial charge in [0.15, 0.2) is 0 Å². The molecule has 0 aliphatic heterocycles. The number of hydrogen-bond donors (Lipinski definition) is 0. The molecule has 2 heteroatoms. The van der Waals surface area contributed by atoms with Crippen LogP contribution in [0.4, 0.5) is 0 Å². The molecule has 2 aromatic heterocycles. The first-order chi connectivity index (χ1) is 7.57. The van der Waals surface area contributed by atoms with Gasteiger partial charge in [-0.25, -0.2) is 4.57 Å². The molecule has 0 saturated heterocycles. The average molecular weight is 213 g/mol. The number of nitrogens with zero attached hydrogens (tertiary/aromatic N) is 2. The molecule has 16 heavy (non-hydrogen) atoms. The first kappa shape index (κ1) is 10.8. The molecule has 82 valence electrons. The highest BCUT2D eigenvalue weighted by Crippen LogP contribution is 2.20. The lowest BCUT2D eigenvalue weighted by atomic mass is 9.88. The zero-order valence-corrected chi connectivity index (χ0v) is 10.0. The Balaban J connectivity index is 2.34. The van der Waals surface area contributed by atoms with Crippen LogP contribution >= 0.6 is 0 Å². The Morgan fingerprint density at radius 3 is 2.19 bits per heavy atom. The third-order valence-corrected chi connectivity index (χ3v) is 2.61. The first-order valence-corrected chi connectivity index (χ1v) is 5.50. The Hall–Kier alpha value is -1.70. The van der Waals surface area contributed by atoms with E-state index in [4.69, 9.17) is 0 Å². The van der Waals surface area contributed by atoms with Gasteiger partial charge in [0.05, 0.1) is 12.4 Å². The summed E-state index contributed by atoms with van der Waals surface area (Å²) in [6.45, 7) is 6.65. The molecule has 0 unspecified atom stereocenters. The summed E-state index contributed by atoms with van der Waals surface area (Å²) < 4.78 is 2.02. The lowest BCUT2D eigenvalue weighted by Gasteiger charge is -2.18. The molecule has 0 bridgehead atoms. The van der Waals surface area contributed by atoms with E-state index in [2.05, 4.69) is 50.3 Å². The largest absolute Gasteiger partial charge is 0.327 e. The van der Waals surface area contributed by atoms with E-state index in [-0.39, 0.29) is 5.41 Å². The third-order valence-electron chi connectivity index (χ3n) is 2.61. The molecule has 0 amide bonds. The highest BCUT2D eigenvalue weighted by molar-refractivity contribution is 5.19. The van der Waals surface area contributed by atoms with Crippen molar-refractivity contribution in [2.24, 2.45) is 0 Å². The molecule has 2 nitrogen and oxygen atoms in total. The minimum absolute atomic E-state index is 0.198. The van der Waals surface area contributed by atoms with Crippen LogP contribution in [0.3, 0.4) is 0 Å². The van der Waals surface area contributed by atoms with Crippen LogP contribution in [-0.4, -0.2) is 4.98 Å². The molecule has 2 heterocycles. The normalized spacial score (nSPS) is 11.4. The minimum atomic E-state index is 0.198. The van der Waals surface area contributed by atoms with Gasteiger partial charge in [0.1, 0.15) is 6.20 Å². The van der Waals surface area contributed by atoms with Gasteiger partial charge in [0.25, 0.3) is 0 Å². The third kappa shape index (κ3) is 2.27. The van der Waals surface area contributed by atoms with Gasteiger partial charge in [0, 0.05) is 6.07 Å². The highest BCUT2D eigenvalue weighted by Gasteiger charge is 2.14. The van der Waals surface area contributed by atoms with E-state index >= 15 is 0 Å². The maximum atomic E-state index is 4.30. The van der Waals surface area contributed by atoms with Crippen LogP contribution in [0.5, 0.6) is 0 Å². The van der Waals surface area contributed by atoms with Gasteiger partial charge in [-0.05, 0) is 34.2 Å². The summed E-state index contributed by atoms with van der Waals surface area (Å²) >= 11 is 0. The lowest BCUT2D eigenvalue weighted by Crippen LogP contribution is -2.31. The van der Waals surface area contributed by atoms with Crippen molar-refractivity contribution in [3.63, 3.8) is 0 Å². The molecular formula is C14H17N2+. The quantitative estimate of drug-likeness (QED) is 0.665. The summed E-state index contributed by atoms with van der Waals surface area (Å²) in [7, 11) is 0. The maximum absolute atomic E-state index is 4.30. The van der Waals surface area contributed by atoms with Gasteiger partial charge < -0.3 is 0 Å². The van der Waals surface area contributed by atoms with Gasteiger partial charge in [0.2, 0.25) is 0 Å². The van der Waals surface area contributed by atoms with Crippen LogP contribution in [0.25, 0.3) is 5.82 Å². The van der Waals surface area contributed by atoms with Gasteiger partial charge in [-0.2, -0.15) is 0 Å². The van der Waals surface area contributed by atoms with E-state index < -0.39 is 0 Å². The summed E-state index contributed by atoms with van der Waals surface area (Å²) in [6.07, 6.45) is 5.92. The van der Waals surface area contributed by atoms with Crippen LogP contribution in [0.15, 0.2) is 48.9 Å². The van der Waals surface area contributed by atoms with Crippen molar-refractivity contribution in [3.05, 3.63) is 54.5 Å². The number of hydrogen-bond acceptors (Lipinski definition) is 1. The number of aromatic nitrogens is 2. The van der Waals surface area contributed by atoms with Crippen molar-refractivity contribution in [1.29, 1.82) is 0 Å². The summed E-state index contributed by atoms with van der Waals surface area (Å²) in [5, 5.41) is 0. The zero-order valence-electron chi connectivity index (χ0n) is 10.0. The lowest BCUT2D eigenvalue weighted by molar-refractivity contribution is -0.599. The average Bonchev–Trinajstić information content (AvgIpc) is 2.29. The predicted octanol–water partition coefficient (Wildman–Crippen LogP) is 2.66. The Kier molecular flexibility index (Phi) is 2.73. The summed E-state index contributed by atoms with van der Waals surface area (Å²) in [6, 6.07) is 10.2. The van der Waals surface area contributed by atoms with Crippen molar-refractivity contribution in [2.75, 3.05) is 0 Å². The number of pyridine rings is 2. The molecule has 0 atom stereocenters. The van der Waals surface area contributed by atoms with Gasteiger partial charge in [-0.1, -0.05) is 26.8 Å². The van der Waals surface area contributed by atoms with Crippen molar-refractivity contribution in [3.8, 4) is 5.82 Å². The molecule has 0 spiro atoms. The fraction of sp³-hybridized carbons (Fsp3) is 0.286. The molecule has 0 aliphatic carbocycles. The van der Waals surface area contributed by atoms with Crippen LogP contribution in [0.1, 0.15) is 26.3 Å². The van der Waals surface area contributed by atoms with Crippen molar-refractivity contribution < 1.29 is 4.57 Å². The summed E-state index contributed by atoms with van der Waals surface area (Å²) in [5.41, 5.74) is 1.53. The van der Waals surface area contributed by atoms with Crippen LogP contribution in [0, 0.1) is 0 Å². The molecule has 0 aliphatic rings. The topological polar surface area (TPSA) is 16.8 Å². The Morgan fingerprint density at radius 1 is 1.00 bits per heavy atom. The molecule has 2 rings (SSSR count). The molecular weight excluding hydrogens is 196 g/mol. The molecule has 0 radical (unpaired) electrons. The van der Waals surface area contributed by atoms with Crippen LogP contribution in [0.2, 0.25) is 0 Å². The summed E-state index contributed by atoms with van der Waals surface area (Å²) in [4.78, 5) is 4.30. The molecule has 0 fully saturated rings. The van der Waals surface area contributed by atoms with E-state index in [1.54, 1.807) is 6.20 Å². The second-order valence-electron chi connectivity index (χ2n) is 4.93. The van der Waals surface area contributed by atoms with Gasteiger partial charge >= 0.3 is 5.82 Å². The van der Waals surface area contributed by atoms with Gasteiger partial charge in [-0.3, -0.25) is 0 Å². The Morgan fingerprint density at radius 2 is 1.69 bits per heavy atom. The molecule has 0 saturated carbocycles. The Bertz CT molecular complexity index is 452. The van der Waals surface area contributed by atoms with E-state index in [1.165, 1.54) is 5.56 Å². The van der Waals surface area contributed by atoms with Gasteiger partial charge in [-0.15, -0.1) is 0 Å². The minimum Gasteiger partial charge on any atom is -0.203 e. The van der Waals surface area contributed by atoms with Crippen molar-refractivity contribution >= 4 is 0 Å². The Labute approximate surface area is 96.6 Å². The van der Waals surface area contributed by atoms with Crippen LogP contribution < -0.4 is 4.57 Å². The predicted molar refractivity (Wildman–Crippen MR) is 64.5 cm³/mol. The fourth-order valence-electron chi connectivity index (χ4n) is 1.59. The fourth-order valence-corrected chi connectivity index (χ4v) is 1.59. The van der Waals surface area contributed by atoms with Crippen molar-refractivity contribution in [2.45, 2.75) is 26.2 Å². The van der Waals surface area contributed by atoms with E-state index in [9.17, 15) is 0 Å². The highest BCUT2D eigenvalue weighted by atomic mass is 15.0. The second kappa shape index (κ2) is 4.05. The SMILES string of the molecule is CC(C)(C)c1cc[n+](-c2ccccn2)cc1. The standard InChI is InChI=1S/C14H17N2/c1-14(2,3)12-7-10-16(11-8-12)13-6-4-5-9-15-13/h4-11H,1-3H3/q+1. The molecule has 2 aromatic rings.